The van der Waals surface area contributed by atoms with Gasteiger partial charge >= 0.3 is 5.97 Å². The molecule has 3 rings (SSSR count). The first-order valence-electron chi connectivity index (χ1n) is 6.45. The van der Waals surface area contributed by atoms with Crippen LogP contribution in [0, 0.1) is 0 Å². The summed E-state index contributed by atoms with van der Waals surface area (Å²) in [6.07, 6.45) is 4.49. The number of pyridine rings is 2. The van der Waals surface area contributed by atoms with Crippen molar-refractivity contribution in [1.29, 1.82) is 0 Å². The van der Waals surface area contributed by atoms with Crippen molar-refractivity contribution in [3.05, 3.63) is 36.4 Å². The Morgan fingerprint density at radius 2 is 2.00 bits per heavy atom. The number of aliphatic carboxylic acids is 1. The van der Waals surface area contributed by atoms with Crippen molar-refractivity contribution >= 4 is 22.8 Å². The van der Waals surface area contributed by atoms with E-state index < -0.39 is 24.2 Å². The van der Waals surface area contributed by atoms with E-state index in [2.05, 4.69) is 20.4 Å². The Labute approximate surface area is 128 Å². The maximum absolute atomic E-state index is 11.8. The number of carboxylic acid groups (broad SMARTS) is 1. The Kier molecular flexibility index (Phi) is 3.59. The largest absolute Gasteiger partial charge is 0.503 e. The van der Waals surface area contributed by atoms with E-state index in [9.17, 15) is 14.7 Å². The zero-order valence-electron chi connectivity index (χ0n) is 11.6. The van der Waals surface area contributed by atoms with E-state index in [1.807, 2.05) is 0 Å². The second-order valence-corrected chi connectivity index (χ2v) is 4.54. The molecule has 0 spiro atoms. The van der Waals surface area contributed by atoms with E-state index in [1.54, 1.807) is 24.5 Å². The van der Waals surface area contributed by atoms with Crippen molar-refractivity contribution in [1.82, 2.24) is 20.4 Å². The first kappa shape index (κ1) is 14.4. The Hall–Kier alpha value is -3.49. The van der Waals surface area contributed by atoms with Crippen LogP contribution in [0.1, 0.15) is 10.5 Å². The zero-order chi connectivity index (χ0) is 16.4. The average molecular weight is 314 g/mol. The second-order valence-electron chi connectivity index (χ2n) is 4.54. The summed E-state index contributed by atoms with van der Waals surface area (Å²) in [6, 6.07) is 3.42. The van der Waals surface area contributed by atoms with Gasteiger partial charge in [0, 0.05) is 24.2 Å². The Bertz CT molecular complexity index is 891. The number of carbonyl (C=O) groups excluding carboxylic acids is 1. The summed E-state index contributed by atoms with van der Waals surface area (Å²) in [4.78, 5) is 30.1. The lowest BCUT2D eigenvalue weighted by molar-refractivity contribution is -0.135. The summed E-state index contributed by atoms with van der Waals surface area (Å²) in [5, 5.41) is 25.1. The van der Waals surface area contributed by atoms with E-state index in [0.717, 1.165) is 0 Å². The van der Waals surface area contributed by atoms with Gasteiger partial charge in [0.1, 0.15) is 12.2 Å². The Balaban J connectivity index is 2.01. The number of carboxylic acids is 1. The highest BCUT2D eigenvalue weighted by molar-refractivity contribution is 6.03. The monoisotopic (exact) mass is 314 g/mol. The second kappa shape index (κ2) is 5.72. The van der Waals surface area contributed by atoms with Gasteiger partial charge in [0.2, 0.25) is 5.58 Å². The van der Waals surface area contributed by atoms with Crippen molar-refractivity contribution in [3.63, 3.8) is 0 Å². The molecule has 0 aromatic carbocycles. The quantitative estimate of drug-likeness (QED) is 0.643. The van der Waals surface area contributed by atoms with E-state index in [-0.39, 0.29) is 11.3 Å². The zero-order valence-corrected chi connectivity index (χ0v) is 11.6. The molecule has 0 saturated carbocycles. The maximum Gasteiger partial charge on any atom is 0.322 e. The minimum absolute atomic E-state index is 0.00714. The number of aromatic nitrogens is 3. The molecule has 0 unspecified atom stereocenters. The third-order valence-corrected chi connectivity index (χ3v) is 3.06. The number of nitrogens with one attached hydrogen (secondary N) is 1. The highest BCUT2D eigenvalue weighted by atomic mass is 16.5. The number of hydrogen-bond acceptors (Lipinski definition) is 7. The number of nitrogens with zero attached hydrogens (tertiary/aromatic N) is 3. The molecule has 0 aliphatic rings. The number of fused-ring (bicyclic) bond motifs is 1. The van der Waals surface area contributed by atoms with Gasteiger partial charge in [-0.1, -0.05) is 5.16 Å². The molecule has 9 heteroatoms. The van der Waals surface area contributed by atoms with Crippen LogP contribution in [0.25, 0.3) is 22.2 Å². The molecule has 3 heterocycles. The smallest absolute Gasteiger partial charge is 0.322 e. The van der Waals surface area contributed by atoms with Gasteiger partial charge in [-0.3, -0.25) is 14.6 Å². The topological polar surface area (TPSA) is 138 Å². The lowest BCUT2D eigenvalue weighted by Crippen LogP contribution is -2.29. The molecule has 0 radical (unpaired) electrons. The van der Waals surface area contributed by atoms with Crippen molar-refractivity contribution in [3.8, 4) is 17.0 Å². The third kappa shape index (κ3) is 2.67. The van der Waals surface area contributed by atoms with Gasteiger partial charge in [-0.25, -0.2) is 4.98 Å². The Morgan fingerprint density at radius 3 is 2.70 bits per heavy atom. The molecular formula is C14H10N4O5. The third-order valence-electron chi connectivity index (χ3n) is 3.06. The van der Waals surface area contributed by atoms with E-state index in [1.165, 1.54) is 6.20 Å². The molecule has 23 heavy (non-hydrogen) atoms. The molecule has 3 N–H and O–H groups in total. The lowest BCUT2D eigenvalue weighted by Gasteiger charge is -2.03. The molecule has 0 fully saturated rings. The van der Waals surface area contributed by atoms with Gasteiger partial charge in [0.05, 0.1) is 5.39 Å². The molecule has 9 nitrogen and oxygen atoms in total. The van der Waals surface area contributed by atoms with Crippen LogP contribution in [-0.4, -0.2) is 43.8 Å². The average Bonchev–Trinajstić information content (AvgIpc) is 2.98. The van der Waals surface area contributed by atoms with Crippen LogP contribution in [0.2, 0.25) is 0 Å². The molecule has 0 bridgehead atoms. The van der Waals surface area contributed by atoms with E-state index in [0.29, 0.717) is 16.6 Å². The van der Waals surface area contributed by atoms with Crippen LogP contribution in [0.4, 0.5) is 0 Å². The predicted molar refractivity (Wildman–Crippen MR) is 76.7 cm³/mol. The van der Waals surface area contributed by atoms with Crippen LogP contribution in [0.3, 0.4) is 0 Å². The fraction of sp³-hybridized carbons (Fsp3) is 0.0714. The summed E-state index contributed by atoms with van der Waals surface area (Å²) in [5.41, 5.74) is 0.814. The van der Waals surface area contributed by atoms with Gasteiger partial charge in [-0.15, -0.1) is 0 Å². The normalized spacial score (nSPS) is 10.6. The molecule has 3 aromatic rings. The fourth-order valence-electron chi connectivity index (χ4n) is 2.01. The molecule has 0 atom stereocenters. The van der Waals surface area contributed by atoms with Crippen molar-refractivity contribution in [2.45, 2.75) is 0 Å². The van der Waals surface area contributed by atoms with Crippen LogP contribution in [0.15, 0.2) is 35.2 Å². The number of rotatable bonds is 4. The van der Waals surface area contributed by atoms with Crippen molar-refractivity contribution in [2.75, 3.05) is 6.54 Å². The summed E-state index contributed by atoms with van der Waals surface area (Å²) in [7, 11) is 0. The summed E-state index contributed by atoms with van der Waals surface area (Å²) in [5.74, 6) is -2.54. The van der Waals surface area contributed by atoms with Gasteiger partial charge in [-0.05, 0) is 12.1 Å². The van der Waals surface area contributed by atoms with Gasteiger partial charge in [-0.2, -0.15) is 0 Å². The van der Waals surface area contributed by atoms with Crippen LogP contribution >= 0.6 is 0 Å². The number of hydrogen-bond donors (Lipinski definition) is 3. The lowest BCUT2D eigenvalue weighted by atomic mass is 10.1. The molecular weight excluding hydrogens is 304 g/mol. The van der Waals surface area contributed by atoms with Crippen LogP contribution < -0.4 is 5.32 Å². The molecule has 0 saturated heterocycles. The van der Waals surface area contributed by atoms with E-state index in [4.69, 9.17) is 9.63 Å². The molecule has 116 valence electrons. The minimum atomic E-state index is -1.21. The standard InChI is InChI=1S/C14H10N4O5/c19-9(20)6-17-14(22)11-12(21)13-8(5-16-11)10(18-23-13)7-1-3-15-4-2-7/h1-5,21H,6H2,(H,17,22)(H,19,20). The van der Waals surface area contributed by atoms with Crippen LogP contribution in [-0.2, 0) is 4.79 Å². The highest BCUT2D eigenvalue weighted by Crippen LogP contribution is 2.33. The van der Waals surface area contributed by atoms with Gasteiger partial charge in [0.15, 0.2) is 11.4 Å². The summed E-state index contributed by atoms with van der Waals surface area (Å²) in [6.45, 7) is -0.587. The SMILES string of the molecule is O=C(O)CNC(=O)c1ncc2c(-c3ccncc3)noc2c1O. The van der Waals surface area contributed by atoms with Crippen molar-refractivity contribution in [2.24, 2.45) is 0 Å². The molecule has 0 aliphatic carbocycles. The fourth-order valence-corrected chi connectivity index (χ4v) is 2.01. The highest BCUT2D eigenvalue weighted by Gasteiger charge is 2.21. The number of amides is 1. The minimum Gasteiger partial charge on any atom is -0.503 e. The predicted octanol–water partition coefficient (Wildman–Crippen LogP) is 0.805. The first-order chi connectivity index (χ1) is 11.1. The number of aromatic hydroxyl groups is 1. The molecule has 1 amide bonds. The van der Waals surface area contributed by atoms with Gasteiger partial charge < -0.3 is 20.1 Å². The first-order valence-corrected chi connectivity index (χ1v) is 6.45. The van der Waals surface area contributed by atoms with E-state index >= 15 is 0 Å². The summed E-state index contributed by atoms with van der Waals surface area (Å²) >= 11 is 0. The van der Waals surface area contributed by atoms with Crippen LogP contribution in [0.5, 0.6) is 5.75 Å². The maximum atomic E-state index is 11.8. The number of carbonyl (C=O) groups is 2. The molecule has 0 aliphatic heterocycles. The van der Waals surface area contributed by atoms with Gasteiger partial charge in [0.25, 0.3) is 5.91 Å². The Morgan fingerprint density at radius 1 is 1.26 bits per heavy atom. The summed E-state index contributed by atoms with van der Waals surface area (Å²) < 4.78 is 5.09. The molecule has 3 aromatic heterocycles. The van der Waals surface area contributed by atoms with Crippen molar-refractivity contribution < 1.29 is 24.3 Å².